The predicted molar refractivity (Wildman–Crippen MR) is 115 cm³/mol. The predicted octanol–water partition coefficient (Wildman–Crippen LogP) is 2.82. The maximum absolute atomic E-state index is 11.7. The maximum atomic E-state index is 11.7. The SMILES string of the molecule is CCCCCCCCCCCCCCCCCC(=O)OC(O)C[N+](C)(C)C.[Cl-]. The Morgan fingerprint density at radius 3 is 1.46 bits per heavy atom. The summed E-state index contributed by atoms with van der Waals surface area (Å²) in [6, 6.07) is 0. The molecule has 1 N–H and O–H groups in total. The normalized spacial score (nSPS) is 12.5. The Hall–Kier alpha value is -0.320. The molecule has 4 nitrogen and oxygen atoms in total. The van der Waals surface area contributed by atoms with E-state index in [9.17, 15) is 9.90 Å². The van der Waals surface area contributed by atoms with Gasteiger partial charge in [0.2, 0.25) is 6.29 Å². The Bertz CT molecular complexity index is 345. The summed E-state index contributed by atoms with van der Waals surface area (Å²) < 4.78 is 5.62. The van der Waals surface area contributed by atoms with Crippen LogP contribution in [0.4, 0.5) is 0 Å². The van der Waals surface area contributed by atoms with Crippen LogP contribution in [0.2, 0.25) is 0 Å². The summed E-state index contributed by atoms with van der Waals surface area (Å²) in [5, 5.41) is 9.72. The van der Waals surface area contributed by atoms with E-state index >= 15 is 0 Å². The number of quaternary nitrogens is 1. The van der Waals surface area contributed by atoms with Gasteiger partial charge in [-0.2, -0.15) is 0 Å². The second-order valence-corrected chi connectivity index (χ2v) is 9.12. The van der Waals surface area contributed by atoms with E-state index in [1.807, 2.05) is 21.1 Å². The molecule has 0 aromatic carbocycles. The van der Waals surface area contributed by atoms with Gasteiger partial charge in [0.05, 0.1) is 21.1 Å². The van der Waals surface area contributed by atoms with Crippen LogP contribution in [0.15, 0.2) is 0 Å². The number of hydrogen-bond donors (Lipinski definition) is 1. The van der Waals surface area contributed by atoms with Gasteiger partial charge in [0.25, 0.3) is 0 Å². The zero-order valence-corrected chi connectivity index (χ0v) is 19.9. The van der Waals surface area contributed by atoms with Crippen molar-refractivity contribution in [2.45, 2.75) is 116 Å². The number of aliphatic hydroxyl groups is 1. The van der Waals surface area contributed by atoms with E-state index in [0.717, 1.165) is 12.8 Å². The first kappa shape index (κ1) is 29.9. The minimum atomic E-state index is -0.992. The summed E-state index contributed by atoms with van der Waals surface area (Å²) in [5.74, 6) is -0.273. The van der Waals surface area contributed by atoms with Crippen LogP contribution in [0, 0.1) is 0 Å². The molecule has 0 aliphatic rings. The van der Waals surface area contributed by atoms with E-state index < -0.39 is 6.29 Å². The Labute approximate surface area is 181 Å². The van der Waals surface area contributed by atoms with Gasteiger partial charge < -0.3 is 26.7 Å². The third-order valence-corrected chi connectivity index (χ3v) is 4.96. The van der Waals surface area contributed by atoms with Gasteiger partial charge in [-0.1, -0.05) is 96.8 Å². The standard InChI is InChI=1S/C23H48NO3.ClH/c1-5-6-7-8-9-10-11-12-13-14-15-16-17-18-19-20-22(25)27-23(26)21-24(2,3)4;/h23,26H,5-21H2,1-4H3;1H/q+1;/p-1. The number of rotatable bonds is 19. The number of nitrogens with zero attached hydrogens (tertiary/aromatic N) is 1. The van der Waals surface area contributed by atoms with Crippen molar-refractivity contribution in [3.63, 3.8) is 0 Å². The van der Waals surface area contributed by atoms with Crippen LogP contribution in [0.25, 0.3) is 0 Å². The monoisotopic (exact) mass is 421 g/mol. The molecule has 0 bridgehead atoms. The quantitative estimate of drug-likeness (QED) is 0.151. The van der Waals surface area contributed by atoms with Crippen LogP contribution in [0.1, 0.15) is 110 Å². The fourth-order valence-corrected chi connectivity index (χ4v) is 3.36. The Morgan fingerprint density at radius 2 is 1.11 bits per heavy atom. The molecule has 0 aliphatic carbocycles. The van der Waals surface area contributed by atoms with E-state index in [1.165, 1.54) is 83.5 Å². The molecule has 0 aromatic heterocycles. The second kappa shape index (κ2) is 20.0. The maximum Gasteiger partial charge on any atom is 0.308 e. The Morgan fingerprint density at radius 1 is 0.750 bits per heavy atom. The fourth-order valence-electron chi connectivity index (χ4n) is 3.36. The number of ether oxygens (including phenoxy) is 1. The first-order valence-electron chi connectivity index (χ1n) is 11.5. The summed E-state index contributed by atoms with van der Waals surface area (Å²) in [7, 11) is 5.89. The third-order valence-electron chi connectivity index (χ3n) is 4.96. The van der Waals surface area contributed by atoms with Gasteiger partial charge in [-0.15, -0.1) is 0 Å². The van der Waals surface area contributed by atoms with E-state index in [0.29, 0.717) is 17.4 Å². The number of aliphatic hydroxyl groups excluding tert-OH is 1. The average Bonchev–Trinajstić information content (AvgIpc) is 2.56. The van der Waals surface area contributed by atoms with Crippen molar-refractivity contribution < 1.29 is 31.5 Å². The molecule has 0 saturated carbocycles. The molecule has 0 spiro atoms. The van der Waals surface area contributed by atoms with Crippen molar-refractivity contribution in [3.05, 3.63) is 0 Å². The molecule has 0 aromatic rings. The molecule has 1 atom stereocenters. The minimum absolute atomic E-state index is 0. The Balaban J connectivity index is 0. The van der Waals surface area contributed by atoms with Crippen LogP contribution >= 0.6 is 0 Å². The van der Waals surface area contributed by atoms with E-state index in [1.54, 1.807) is 0 Å². The molecule has 0 fully saturated rings. The lowest BCUT2D eigenvalue weighted by molar-refractivity contribution is -0.876. The molecule has 5 heteroatoms. The molecule has 0 heterocycles. The lowest BCUT2D eigenvalue weighted by Gasteiger charge is -2.26. The molecule has 0 amide bonds. The number of likely N-dealkylation sites (N-methyl/N-ethyl adjacent to an activating group) is 1. The zero-order chi connectivity index (χ0) is 20.4. The van der Waals surface area contributed by atoms with Crippen LogP contribution in [-0.2, 0) is 9.53 Å². The Kier molecular flexibility index (Phi) is 21.3. The van der Waals surface area contributed by atoms with Crippen molar-refractivity contribution in [1.29, 1.82) is 0 Å². The molecular weight excluding hydrogens is 374 g/mol. The lowest BCUT2D eigenvalue weighted by Crippen LogP contribution is -3.00. The van der Waals surface area contributed by atoms with Gasteiger partial charge in [0.15, 0.2) is 0 Å². The van der Waals surface area contributed by atoms with Crippen molar-refractivity contribution in [2.75, 3.05) is 27.7 Å². The third kappa shape index (κ3) is 23.7. The van der Waals surface area contributed by atoms with Crippen LogP contribution in [-0.4, -0.2) is 49.5 Å². The summed E-state index contributed by atoms with van der Waals surface area (Å²) in [6.45, 7) is 2.69. The number of halogens is 1. The summed E-state index contributed by atoms with van der Waals surface area (Å²) in [5.41, 5.74) is 0. The number of unbranched alkanes of at least 4 members (excludes halogenated alkanes) is 14. The summed E-state index contributed by atoms with van der Waals surface area (Å²) in [4.78, 5) is 11.7. The van der Waals surface area contributed by atoms with Gasteiger partial charge in [0.1, 0.15) is 6.54 Å². The number of hydrogen-bond acceptors (Lipinski definition) is 3. The fraction of sp³-hybridized carbons (Fsp3) is 0.957. The molecule has 1 unspecified atom stereocenters. The van der Waals surface area contributed by atoms with Gasteiger partial charge in [0, 0.05) is 6.42 Å². The highest BCUT2D eigenvalue weighted by Crippen LogP contribution is 2.14. The van der Waals surface area contributed by atoms with E-state index in [-0.39, 0.29) is 18.4 Å². The molecular formula is C23H48ClNO3. The van der Waals surface area contributed by atoms with Crippen molar-refractivity contribution in [2.24, 2.45) is 0 Å². The summed E-state index contributed by atoms with van der Waals surface area (Å²) >= 11 is 0. The molecule has 0 radical (unpaired) electrons. The largest absolute Gasteiger partial charge is 1.00 e. The number of esters is 1. The van der Waals surface area contributed by atoms with Crippen molar-refractivity contribution in [1.82, 2.24) is 0 Å². The first-order valence-corrected chi connectivity index (χ1v) is 11.5. The number of carbonyl (C=O) groups excluding carboxylic acids is 1. The highest BCUT2D eigenvalue weighted by molar-refractivity contribution is 5.69. The molecule has 0 rings (SSSR count). The van der Waals surface area contributed by atoms with E-state index in [2.05, 4.69) is 6.92 Å². The van der Waals surface area contributed by atoms with Crippen LogP contribution in [0.3, 0.4) is 0 Å². The highest BCUT2D eigenvalue weighted by Gasteiger charge is 2.18. The number of carbonyl (C=O) groups is 1. The van der Waals surface area contributed by atoms with Gasteiger partial charge in [-0.3, -0.25) is 4.79 Å². The molecule has 28 heavy (non-hydrogen) atoms. The second-order valence-electron chi connectivity index (χ2n) is 9.12. The lowest BCUT2D eigenvalue weighted by atomic mass is 10.0. The van der Waals surface area contributed by atoms with Crippen molar-refractivity contribution >= 4 is 5.97 Å². The summed E-state index contributed by atoms with van der Waals surface area (Å²) in [6.07, 6.45) is 19.2. The van der Waals surface area contributed by atoms with Crippen molar-refractivity contribution in [3.8, 4) is 0 Å². The smallest absolute Gasteiger partial charge is 0.308 e. The van der Waals surface area contributed by atoms with E-state index in [4.69, 9.17) is 4.74 Å². The molecule has 170 valence electrons. The molecule has 0 saturated heterocycles. The molecule has 0 aliphatic heterocycles. The van der Waals surface area contributed by atoms with Gasteiger partial charge in [-0.25, -0.2) is 0 Å². The van der Waals surface area contributed by atoms with Crippen LogP contribution in [0.5, 0.6) is 0 Å². The van der Waals surface area contributed by atoms with Crippen LogP contribution < -0.4 is 12.4 Å². The zero-order valence-electron chi connectivity index (χ0n) is 19.2. The van der Waals surface area contributed by atoms with Gasteiger partial charge >= 0.3 is 5.97 Å². The topological polar surface area (TPSA) is 46.5 Å². The first-order chi connectivity index (χ1) is 12.8. The van der Waals surface area contributed by atoms with Gasteiger partial charge in [-0.05, 0) is 6.42 Å². The minimum Gasteiger partial charge on any atom is -1.00 e. The average molecular weight is 422 g/mol. The highest BCUT2D eigenvalue weighted by atomic mass is 35.5.